The molecule has 6 heteroatoms. The van der Waals surface area contributed by atoms with E-state index in [1.807, 2.05) is 0 Å². The number of benzene rings is 2. The summed E-state index contributed by atoms with van der Waals surface area (Å²) in [4.78, 5) is -0.0162. The zero-order valence-electron chi connectivity index (χ0n) is 9.93. The molecule has 3 nitrogen and oxygen atoms in total. The van der Waals surface area contributed by atoms with E-state index in [2.05, 4.69) is 0 Å². The average Bonchev–Trinajstić information content (AvgIpc) is 2.33. The summed E-state index contributed by atoms with van der Waals surface area (Å²) in [5, 5.41) is 0. The highest BCUT2D eigenvalue weighted by atomic mass is 35.7. The Morgan fingerprint density at radius 1 is 1.11 bits per heavy atom. The van der Waals surface area contributed by atoms with Crippen molar-refractivity contribution in [2.75, 3.05) is 0 Å². The van der Waals surface area contributed by atoms with Gasteiger partial charge in [0.1, 0.15) is 17.3 Å². The standard InChI is InChI=1S/C13H10ClFO3S/c1-9-2-3-10(15)8-13(9)18-11-4-6-12(7-5-11)19(14,16)17/h2-8H,1H3. The Morgan fingerprint density at radius 2 is 1.74 bits per heavy atom. The molecule has 19 heavy (non-hydrogen) atoms. The second-order valence-corrected chi connectivity index (χ2v) is 6.49. The number of hydrogen-bond acceptors (Lipinski definition) is 3. The smallest absolute Gasteiger partial charge is 0.261 e. The predicted molar refractivity (Wildman–Crippen MR) is 70.7 cm³/mol. The van der Waals surface area contributed by atoms with E-state index < -0.39 is 14.9 Å². The third-order valence-corrected chi connectivity index (χ3v) is 3.85. The molecule has 0 radical (unpaired) electrons. The third kappa shape index (κ3) is 3.45. The molecule has 0 aliphatic carbocycles. The van der Waals surface area contributed by atoms with Gasteiger partial charge in [0.15, 0.2) is 0 Å². The van der Waals surface area contributed by atoms with Gasteiger partial charge in [-0.15, -0.1) is 0 Å². The van der Waals surface area contributed by atoms with Crippen molar-refractivity contribution in [3.63, 3.8) is 0 Å². The first-order valence-electron chi connectivity index (χ1n) is 5.35. The molecule has 0 aromatic heterocycles. The topological polar surface area (TPSA) is 43.4 Å². The van der Waals surface area contributed by atoms with E-state index in [0.717, 1.165) is 5.56 Å². The molecule has 0 fully saturated rings. The van der Waals surface area contributed by atoms with Gasteiger partial charge in [-0.05, 0) is 42.8 Å². The van der Waals surface area contributed by atoms with Crippen LogP contribution in [0.5, 0.6) is 11.5 Å². The Bertz CT molecular complexity index is 696. The van der Waals surface area contributed by atoms with Crippen LogP contribution < -0.4 is 4.74 Å². The van der Waals surface area contributed by atoms with Crippen LogP contribution in [-0.4, -0.2) is 8.42 Å². The lowest BCUT2D eigenvalue weighted by Crippen LogP contribution is -1.92. The van der Waals surface area contributed by atoms with E-state index in [-0.39, 0.29) is 4.90 Å². The molecule has 0 atom stereocenters. The lowest BCUT2D eigenvalue weighted by Gasteiger charge is -2.08. The Hall–Kier alpha value is -1.59. The second kappa shape index (κ2) is 5.19. The van der Waals surface area contributed by atoms with Gasteiger partial charge < -0.3 is 4.74 Å². The van der Waals surface area contributed by atoms with Gasteiger partial charge in [0.25, 0.3) is 9.05 Å². The molecule has 0 saturated heterocycles. The van der Waals surface area contributed by atoms with Gasteiger partial charge in [-0.1, -0.05) is 6.07 Å². The fourth-order valence-corrected chi connectivity index (χ4v) is 2.25. The van der Waals surface area contributed by atoms with E-state index in [4.69, 9.17) is 15.4 Å². The zero-order valence-corrected chi connectivity index (χ0v) is 11.5. The Morgan fingerprint density at radius 3 is 2.32 bits per heavy atom. The van der Waals surface area contributed by atoms with Crippen molar-refractivity contribution in [3.8, 4) is 11.5 Å². The lowest BCUT2D eigenvalue weighted by atomic mass is 10.2. The molecule has 100 valence electrons. The van der Waals surface area contributed by atoms with Crippen LogP contribution in [0.1, 0.15) is 5.56 Å². The van der Waals surface area contributed by atoms with Gasteiger partial charge in [0.05, 0.1) is 4.90 Å². The summed E-state index contributed by atoms with van der Waals surface area (Å²) in [6, 6.07) is 9.77. The van der Waals surface area contributed by atoms with Crippen LogP contribution >= 0.6 is 10.7 Å². The van der Waals surface area contributed by atoms with Crippen LogP contribution in [0.3, 0.4) is 0 Å². The van der Waals surface area contributed by atoms with Crippen molar-refractivity contribution in [2.24, 2.45) is 0 Å². The maximum Gasteiger partial charge on any atom is 0.261 e. The summed E-state index contributed by atoms with van der Waals surface area (Å²) >= 11 is 0. The van der Waals surface area contributed by atoms with Gasteiger partial charge in [0.2, 0.25) is 0 Å². The minimum absolute atomic E-state index is 0.0162. The Kier molecular flexibility index (Phi) is 3.78. The molecule has 2 aromatic rings. The fourth-order valence-electron chi connectivity index (χ4n) is 1.48. The van der Waals surface area contributed by atoms with Gasteiger partial charge >= 0.3 is 0 Å². The highest BCUT2D eigenvalue weighted by Gasteiger charge is 2.10. The number of halogens is 2. The lowest BCUT2D eigenvalue weighted by molar-refractivity contribution is 0.472. The fraction of sp³-hybridized carbons (Fsp3) is 0.0769. The van der Waals surface area contributed by atoms with E-state index in [9.17, 15) is 12.8 Å². The van der Waals surface area contributed by atoms with Gasteiger partial charge in [0, 0.05) is 16.7 Å². The van der Waals surface area contributed by atoms with Crippen molar-refractivity contribution < 1.29 is 17.5 Å². The van der Waals surface area contributed by atoms with Crippen LogP contribution in [0.4, 0.5) is 4.39 Å². The molecule has 2 aromatic carbocycles. The van der Waals surface area contributed by atoms with E-state index >= 15 is 0 Å². The van der Waals surface area contributed by atoms with Crippen molar-refractivity contribution >= 4 is 19.7 Å². The summed E-state index contributed by atoms with van der Waals surface area (Å²) in [6.07, 6.45) is 0. The number of aryl methyl sites for hydroxylation is 1. The van der Waals surface area contributed by atoms with Gasteiger partial charge in [-0.3, -0.25) is 0 Å². The van der Waals surface area contributed by atoms with Crippen LogP contribution in [-0.2, 0) is 9.05 Å². The van der Waals surface area contributed by atoms with Gasteiger partial charge in [-0.2, -0.15) is 0 Å². The molecule has 0 amide bonds. The van der Waals surface area contributed by atoms with E-state index in [1.54, 1.807) is 13.0 Å². The van der Waals surface area contributed by atoms with Crippen LogP contribution in [0, 0.1) is 12.7 Å². The SMILES string of the molecule is Cc1ccc(F)cc1Oc1ccc(S(=O)(=O)Cl)cc1. The maximum atomic E-state index is 13.1. The summed E-state index contributed by atoms with van der Waals surface area (Å²) in [7, 11) is 1.45. The first-order valence-corrected chi connectivity index (χ1v) is 7.66. The summed E-state index contributed by atoms with van der Waals surface area (Å²) in [5.41, 5.74) is 0.774. The molecule has 0 spiro atoms. The van der Waals surface area contributed by atoms with E-state index in [0.29, 0.717) is 11.5 Å². The Balaban J connectivity index is 2.27. The quantitative estimate of drug-likeness (QED) is 0.809. The first-order chi connectivity index (χ1) is 8.86. The third-order valence-electron chi connectivity index (χ3n) is 2.48. The molecule has 0 aliphatic heterocycles. The monoisotopic (exact) mass is 300 g/mol. The predicted octanol–water partition coefficient (Wildman–Crippen LogP) is 3.85. The number of ether oxygens (including phenoxy) is 1. The van der Waals surface area contributed by atoms with Crippen molar-refractivity contribution in [1.29, 1.82) is 0 Å². The van der Waals surface area contributed by atoms with Crippen molar-refractivity contribution in [3.05, 3.63) is 53.8 Å². The Labute approximate surface area is 115 Å². The van der Waals surface area contributed by atoms with Gasteiger partial charge in [-0.25, -0.2) is 12.8 Å². The minimum Gasteiger partial charge on any atom is -0.457 e. The summed E-state index contributed by atoms with van der Waals surface area (Å²) in [6.45, 7) is 1.78. The highest BCUT2D eigenvalue weighted by molar-refractivity contribution is 8.13. The van der Waals surface area contributed by atoms with Crippen molar-refractivity contribution in [2.45, 2.75) is 11.8 Å². The molecule has 0 saturated carbocycles. The highest BCUT2D eigenvalue weighted by Crippen LogP contribution is 2.27. The normalized spacial score (nSPS) is 11.3. The summed E-state index contributed by atoms with van der Waals surface area (Å²) in [5.74, 6) is 0.375. The largest absolute Gasteiger partial charge is 0.457 e. The minimum atomic E-state index is -3.75. The molecular formula is C13H10ClFO3S. The zero-order chi connectivity index (χ0) is 14.0. The van der Waals surface area contributed by atoms with E-state index in [1.165, 1.54) is 36.4 Å². The van der Waals surface area contributed by atoms with Crippen LogP contribution in [0.2, 0.25) is 0 Å². The molecule has 2 rings (SSSR count). The molecule has 0 aliphatic rings. The van der Waals surface area contributed by atoms with Crippen LogP contribution in [0.15, 0.2) is 47.4 Å². The second-order valence-electron chi connectivity index (χ2n) is 3.92. The molecule has 0 heterocycles. The summed E-state index contributed by atoms with van der Waals surface area (Å²) < 4.78 is 40.7. The van der Waals surface area contributed by atoms with Crippen LogP contribution in [0.25, 0.3) is 0 Å². The first kappa shape index (κ1) is 13.8. The molecule has 0 bridgehead atoms. The molecule has 0 unspecified atom stereocenters. The average molecular weight is 301 g/mol. The molecule has 0 N–H and O–H groups in total. The number of rotatable bonds is 3. The number of hydrogen-bond donors (Lipinski definition) is 0. The van der Waals surface area contributed by atoms with Crippen molar-refractivity contribution in [1.82, 2.24) is 0 Å². The molecular weight excluding hydrogens is 291 g/mol. The maximum absolute atomic E-state index is 13.1.